The van der Waals surface area contributed by atoms with Crippen molar-refractivity contribution in [3.8, 4) is 0 Å². The molecule has 0 unspecified atom stereocenters. The van der Waals surface area contributed by atoms with Crippen molar-refractivity contribution < 1.29 is 17.9 Å². The molecule has 3 heterocycles. The van der Waals surface area contributed by atoms with Crippen LogP contribution in [0.4, 0.5) is 13.2 Å². The molecule has 2 aromatic rings. The molecule has 1 aliphatic rings. The van der Waals surface area contributed by atoms with Crippen LogP contribution in [0.15, 0.2) is 36.7 Å². The lowest BCUT2D eigenvalue weighted by atomic mass is 10.2. The molecular formula is C22H34F3N3O. The van der Waals surface area contributed by atoms with E-state index in [0.29, 0.717) is 0 Å². The number of ether oxygens (including phenoxy) is 1. The summed E-state index contributed by atoms with van der Waals surface area (Å²) in [7, 11) is 0. The van der Waals surface area contributed by atoms with Gasteiger partial charge in [0, 0.05) is 32.0 Å². The van der Waals surface area contributed by atoms with Gasteiger partial charge in [-0.25, -0.2) is 0 Å². The van der Waals surface area contributed by atoms with E-state index in [2.05, 4.69) is 33.9 Å². The highest BCUT2D eigenvalue weighted by Gasteiger charge is 2.33. The normalized spacial score (nSPS) is 13.7. The van der Waals surface area contributed by atoms with Crippen molar-refractivity contribution in [2.24, 2.45) is 0 Å². The molecule has 0 saturated carbocycles. The Hall–Kier alpha value is -1.99. The number of morpholine rings is 1. The van der Waals surface area contributed by atoms with Gasteiger partial charge in [-0.1, -0.05) is 39.8 Å². The Bertz CT molecular complexity index is 655. The molecule has 29 heavy (non-hydrogen) atoms. The summed E-state index contributed by atoms with van der Waals surface area (Å²) >= 11 is 0. The van der Waals surface area contributed by atoms with Gasteiger partial charge in [0.15, 0.2) is 0 Å². The lowest BCUT2D eigenvalue weighted by Crippen LogP contribution is -2.35. The van der Waals surface area contributed by atoms with Crippen LogP contribution >= 0.6 is 0 Å². The topological polar surface area (TPSA) is 38.2 Å². The first-order valence-corrected chi connectivity index (χ1v) is 10.1. The molecule has 0 aliphatic carbocycles. The number of nitrogens with zero attached hydrogens (tertiary/aromatic N) is 3. The molecule has 0 N–H and O–H groups in total. The third-order valence-electron chi connectivity index (χ3n) is 3.74. The number of halogens is 3. The number of hydrogen-bond donors (Lipinski definition) is 0. The highest BCUT2D eigenvalue weighted by Crippen LogP contribution is 2.29. The molecule has 3 rings (SSSR count). The maximum atomic E-state index is 12.0. The van der Waals surface area contributed by atoms with E-state index in [4.69, 9.17) is 4.74 Å². The molecule has 0 spiro atoms. The van der Waals surface area contributed by atoms with Gasteiger partial charge in [-0.3, -0.25) is 14.9 Å². The summed E-state index contributed by atoms with van der Waals surface area (Å²) < 4.78 is 41.3. The molecule has 0 bridgehead atoms. The van der Waals surface area contributed by atoms with E-state index >= 15 is 0 Å². The van der Waals surface area contributed by atoms with Crippen LogP contribution in [-0.2, 0) is 17.5 Å². The van der Waals surface area contributed by atoms with Crippen LogP contribution in [0.1, 0.15) is 50.2 Å². The van der Waals surface area contributed by atoms with Gasteiger partial charge in [0.25, 0.3) is 0 Å². The average Bonchev–Trinajstić information content (AvgIpc) is 2.73. The second kappa shape index (κ2) is 14.9. The van der Waals surface area contributed by atoms with Crippen LogP contribution in [0.5, 0.6) is 0 Å². The standard InChI is InChI=1S/C11H16N2O.C7H6F3N.2C2H6/c1-10-2-3-11(12-8-10)9-13-4-6-14-7-5-13;1-5-3-2-4-11-6(5)7(8,9)10;2*1-2/h2-3,8H,4-7,9H2,1H3;2-4H,1H3;2*1-2H3. The molecule has 7 heteroatoms. The van der Waals surface area contributed by atoms with Crippen LogP contribution in [-0.4, -0.2) is 41.2 Å². The summed E-state index contributed by atoms with van der Waals surface area (Å²) in [5.74, 6) is 0. The number of pyridine rings is 2. The van der Waals surface area contributed by atoms with Crippen molar-refractivity contribution in [1.82, 2.24) is 14.9 Å². The summed E-state index contributed by atoms with van der Waals surface area (Å²) in [4.78, 5) is 9.99. The van der Waals surface area contributed by atoms with Crippen LogP contribution in [0.2, 0.25) is 0 Å². The Morgan fingerprint density at radius 3 is 2.03 bits per heavy atom. The summed E-state index contributed by atoms with van der Waals surface area (Å²) in [6.07, 6.45) is -1.27. The van der Waals surface area contributed by atoms with Gasteiger partial charge in [0.2, 0.25) is 0 Å². The summed E-state index contributed by atoms with van der Waals surface area (Å²) in [5, 5.41) is 0. The monoisotopic (exact) mass is 413 g/mol. The molecule has 0 amide bonds. The van der Waals surface area contributed by atoms with E-state index < -0.39 is 11.9 Å². The Balaban J connectivity index is 0.000000472. The lowest BCUT2D eigenvalue weighted by Gasteiger charge is -2.26. The third kappa shape index (κ3) is 10.9. The van der Waals surface area contributed by atoms with Crippen LogP contribution in [0, 0.1) is 13.8 Å². The van der Waals surface area contributed by atoms with Crippen molar-refractivity contribution in [1.29, 1.82) is 0 Å². The van der Waals surface area contributed by atoms with Crippen molar-refractivity contribution in [3.63, 3.8) is 0 Å². The fraction of sp³-hybridized carbons (Fsp3) is 0.545. The summed E-state index contributed by atoms with van der Waals surface area (Å²) in [6, 6.07) is 7.08. The first-order valence-electron chi connectivity index (χ1n) is 10.1. The number of alkyl halides is 3. The molecule has 1 fully saturated rings. The minimum Gasteiger partial charge on any atom is -0.379 e. The second-order valence-electron chi connectivity index (χ2n) is 5.88. The van der Waals surface area contributed by atoms with Crippen molar-refractivity contribution in [3.05, 3.63) is 59.2 Å². The molecule has 0 aromatic carbocycles. The van der Waals surface area contributed by atoms with E-state index in [0.717, 1.165) is 44.7 Å². The highest BCUT2D eigenvalue weighted by atomic mass is 19.4. The van der Waals surface area contributed by atoms with Crippen molar-refractivity contribution >= 4 is 0 Å². The Kier molecular flexibility index (Phi) is 13.9. The zero-order valence-electron chi connectivity index (χ0n) is 18.4. The van der Waals surface area contributed by atoms with Gasteiger partial charge in [0.05, 0.1) is 18.9 Å². The zero-order chi connectivity index (χ0) is 22.3. The maximum Gasteiger partial charge on any atom is 0.433 e. The molecule has 164 valence electrons. The molecule has 1 saturated heterocycles. The molecule has 1 aliphatic heterocycles. The molecular weight excluding hydrogens is 379 g/mol. The minimum atomic E-state index is -4.33. The maximum absolute atomic E-state index is 12.0. The van der Waals surface area contributed by atoms with Gasteiger partial charge < -0.3 is 4.74 Å². The predicted octanol–water partition coefficient (Wildman–Crippen LogP) is 5.68. The van der Waals surface area contributed by atoms with E-state index in [1.165, 1.54) is 24.6 Å². The molecule has 0 atom stereocenters. The van der Waals surface area contributed by atoms with E-state index in [-0.39, 0.29) is 5.56 Å². The van der Waals surface area contributed by atoms with Crippen molar-refractivity contribution in [2.45, 2.75) is 54.3 Å². The van der Waals surface area contributed by atoms with Gasteiger partial charge >= 0.3 is 6.18 Å². The highest BCUT2D eigenvalue weighted by molar-refractivity contribution is 5.20. The Morgan fingerprint density at radius 1 is 0.966 bits per heavy atom. The summed E-state index contributed by atoms with van der Waals surface area (Å²) in [6.45, 7) is 16.1. The Labute approximate surface area is 173 Å². The first kappa shape index (κ1) is 27.0. The smallest absolute Gasteiger partial charge is 0.379 e. The quantitative estimate of drug-likeness (QED) is 0.635. The fourth-order valence-corrected chi connectivity index (χ4v) is 2.36. The van der Waals surface area contributed by atoms with Crippen LogP contribution < -0.4 is 0 Å². The SMILES string of the molecule is CC.CC.Cc1ccc(CN2CCOCC2)nc1.Cc1cccnc1C(F)(F)F. The van der Waals surface area contributed by atoms with Crippen LogP contribution in [0.3, 0.4) is 0 Å². The van der Waals surface area contributed by atoms with E-state index in [1.54, 1.807) is 0 Å². The molecule has 4 nitrogen and oxygen atoms in total. The lowest BCUT2D eigenvalue weighted by molar-refractivity contribution is -0.141. The number of hydrogen-bond acceptors (Lipinski definition) is 4. The summed E-state index contributed by atoms with van der Waals surface area (Å²) in [5.41, 5.74) is 1.72. The van der Waals surface area contributed by atoms with Crippen molar-refractivity contribution in [2.75, 3.05) is 26.3 Å². The fourth-order valence-electron chi connectivity index (χ4n) is 2.36. The number of aryl methyl sites for hydroxylation is 2. The van der Waals surface area contributed by atoms with Gasteiger partial charge in [0.1, 0.15) is 5.69 Å². The van der Waals surface area contributed by atoms with Gasteiger partial charge in [-0.15, -0.1) is 0 Å². The second-order valence-corrected chi connectivity index (χ2v) is 5.88. The van der Waals surface area contributed by atoms with Gasteiger partial charge in [-0.05, 0) is 37.1 Å². The molecule has 0 radical (unpaired) electrons. The predicted molar refractivity (Wildman–Crippen MR) is 112 cm³/mol. The number of rotatable bonds is 2. The van der Waals surface area contributed by atoms with Gasteiger partial charge in [-0.2, -0.15) is 13.2 Å². The largest absolute Gasteiger partial charge is 0.433 e. The first-order chi connectivity index (χ1) is 13.9. The molecule has 2 aromatic heterocycles. The van der Waals surface area contributed by atoms with E-state index in [9.17, 15) is 13.2 Å². The zero-order valence-corrected chi connectivity index (χ0v) is 18.4. The number of aromatic nitrogens is 2. The Morgan fingerprint density at radius 2 is 1.59 bits per heavy atom. The minimum absolute atomic E-state index is 0.153. The van der Waals surface area contributed by atoms with Crippen LogP contribution in [0.25, 0.3) is 0 Å². The average molecular weight is 414 g/mol. The van der Waals surface area contributed by atoms with E-state index in [1.807, 2.05) is 33.9 Å². The third-order valence-corrected chi connectivity index (χ3v) is 3.74.